The minimum absolute atomic E-state index is 0. The summed E-state index contributed by atoms with van der Waals surface area (Å²) in [6.45, 7) is 0. The Bertz CT molecular complexity index is 53.7. The van der Waals surface area contributed by atoms with Gasteiger partial charge in [0, 0.05) is 0 Å². The Morgan fingerprint density at radius 2 is 1.50 bits per heavy atom. The molecule has 0 unspecified atom stereocenters. The SMILES string of the molecule is O=[As]([O-])(O)O.[Cs+]. The predicted octanol–water partition coefficient (Wildman–Crippen LogP) is -5.80. The van der Waals surface area contributed by atoms with Crippen molar-refractivity contribution in [2.75, 3.05) is 0 Å². The summed E-state index contributed by atoms with van der Waals surface area (Å²) >= 11 is -5.38. The fourth-order valence-electron chi connectivity index (χ4n) is 0. The second kappa shape index (κ2) is 4.20. The number of hydrogen-bond donors (Lipinski definition) is 2. The van der Waals surface area contributed by atoms with Gasteiger partial charge in [0.05, 0.1) is 0 Å². The molecule has 0 aromatic rings. The van der Waals surface area contributed by atoms with Crippen LogP contribution in [0.25, 0.3) is 0 Å². The Morgan fingerprint density at radius 1 is 1.50 bits per heavy atom. The largest absolute Gasteiger partial charge is 1.00 e. The molecule has 0 saturated heterocycles. The van der Waals surface area contributed by atoms with Gasteiger partial charge >= 0.3 is 99.4 Å². The molecule has 0 radical (unpaired) electrons. The molecule has 0 aliphatic rings. The summed E-state index contributed by atoms with van der Waals surface area (Å²) in [5, 5.41) is 0. The van der Waals surface area contributed by atoms with Crippen molar-refractivity contribution >= 4 is 14.5 Å². The summed E-state index contributed by atoms with van der Waals surface area (Å²) in [6.07, 6.45) is 0. The zero-order valence-electron chi connectivity index (χ0n) is 3.16. The molecule has 4 nitrogen and oxygen atoms in total. The molecule has 2 N–H and O–H groups in total. The van der Waals surface area contributed by atoms with E-state index in [0.29, 0.717) is 0 Å². The topological polar surface area (TPSA) is 80.6 Å². The maximum absolute atomic E-state index is 8.83. The molecule has 0 bridgehead atoms. The molecule has 0 fully saturated rings. The van der Waals surface area contributed by atoms with Gasteiger partial charge in [0.2, 0.25) is 0 Å². The van der Waals surface area contributed by atoms with Gasteiger partial charge in [-0.05, 0) is 0 Å². The third kappa shape index (κ3) is 33.6. The minimum Gasteiger partial charge on any atom is 1.00 e. The first-order valence-electron chi connectivity index (χ1n) is 0.765. The van der Waals surface area contributed by atoms with Crippen molar-refractivity contribution in [2.24, 2.45) is 0 Å². The third-order valence-corrected chi connectivity index (χ3v) is 0. The van der Waals surface area contributed by atoms with E-state index in [2.05, 4.69) is 0 Å². The zero-order chi connectivity index (χ0) is 4.50. The normalized spacial score (nSPS) is 9.83. The molecule has 32 valence electrons. The molecule has 0 aliphatic carbocycles. The first kappa shape index (κ1) is 11.1. The van der Waals surface area contributed by atoms with E-state index < -0.39 is 14.5 Å². The summed E-state index contributed by atoms with van der Waals surface area (Å²) in [5.74, 6) is 0. The van der Waals surface area contributed by atoms with Gasteiger partial charge in [-0.25, -0.2) is 0 Å². The van der Waals surface area contributed by atoms with Crippen LogP contribution in [-0.2, 0) is 3.74 Å². The van der Waals surface area contributed by atoms with E-state index in [-0.39, 0.29) is 68.9 Å². The Labute approximate surface area is 96.7 Å². The van der Waals surface area contributed by atoms with Gasteiger partial charge in [-0.15, -0.1) is 0 Å². The Hall–Kier alpha value is 2.29. The molecule has 0 atom stereocenters. The summed E-state index contributed by atoms with van der Waals surface area (Å²) in [5.41, 5.74) is 0. The summed E-state index contributed by atoms with van der Waals surface area (Å²) in [4.78, 5) is 0. The van der Waals surface area contributed by atoms with Gasteiger partial charge < -0.3 is 0 Å². The third-order valence-electron chi connectivity index (χ3n) is 0. The van der Waals surface area contributed by atoms with E-state index in [9.17, 15) is 0 Å². The maximum Gasteiger partial charge on any atom is 1.00 e. The minimum atomic E-state index is -5.38. The smallest absolute Gasteiger partial charge is 1.00 e. The van der Waals surface area contributed by atoms with Crippen LogP contribution in [0.15, 0.2) is 0 Å². The molecule has 0 spiro atoms. The summed E-state index contributed by atoms with van der Waals surface area (Å²) in [6, 6.07) is 0. The van der Waals surface area contributed by atoms with Crippen molar-refractivity contribution in [3.8, 4) is 0 Å². The van der Waals surface area contributed by atoms with Crippen molar-refractivity contribution in [3.05, 3.63) is 0 Å². The predicted molar refractivity (Wildman–Crippen MR) is 10.9 cm³/mol. The molecule has 0 saturated carbocycles. The molecule has 0 aromatic heterocycles. The average molecular weight is 274 g/mol. The summed E-state index contributed by atoms with van der Waals surface area (Å²) < 4.78 is 31.9. The van der Waals surface area contributed by atoms with Gasteiger partial charge in [-0.3, -0.25) is 0 Å². The fourth-order valence-corrected chi connectivity index (χ4v) is 0. The van der Waals surface area contributed by atoms with E-state index in [1.54, 1.807) is 0 Å². The van der Waals surface area contributed by atoms with Crippen molar-refractivity contribution in [2.45, 2.75) is 0 Å². The van der Waals surface area contributed by atoms with Crippen molar-refractivity contribution in [1.82, 2.24) is 0 Å². The fraction of sp³-hybridized carbons (Fsp3) is 0. The van der Waals surface area contributed by atoms with Crippen LogP contribution in [0.1, 0.15) is 0 Å². The molecule has 6 heteroatoms. The molecule has 6 heavy (non-hydrogen) atoms. The Balaban J connectivity index is 0. The van der Waals surface area contributed by atoms with Gasteiger partial charge in [0.25, 0.3) is 0 Å². The Morgan fingerprint density at radius 3 is 1.50 bits per heavy atom. The molecule has 0 amide bonds. The van der Waals surface area contributed by atoms with E-state index in [1.807, 2.05) is 0 Å². The van der Waals surface area contributed by atoms with Gasteiger partial charge in [0.1, 0.15) is 0 Å². The van der Waals surface area contributed by atoms with E-state index in [1.165, 1.54) is 0 Å². The molecule has 0 aromatic carbocycles. The van der Waals surface area contributed by atoms with Crippen LogP contribution in [0.2, 0.25) is 0 Å². The first-order chi connectivity index (χ1) is 2.00. The molecular weight excluding hydrogens is 272 g/mol. The quantitative estimate of drug-likeness (QED) is 0.431. The van der Waals surface area contributed by atoms with Crippen LogP contribution in [0, 0.1) is 0 Å². The van der Waals surface area contributed by atoms with Crippen LogP contribution in [0.3, 0.4) is 0 Å². The Kier molecular flexibility index (Phi) is 7.79. The zero-order valence-corrected chi connectivity index (χ0v) is 11.3. The van der Waals surface area contributed by atoms with Gasteiger partial charge in [-0.2, -0.15) is 0 Å². The van der Waals surface area contributed by atoms with Crippen molar-refractivity contribution < 1.29 is 84.9 Å². The van der Waals surface area contributed by atoms with E-state index in [4.69, 9.17) is 16.0 Å². The monoisotopic (exact) mass is 274 g/mol. The number of rotatable bonds is 0. The molecule has 0 heterocycles. The van der Waals surface area contributed by atoms with Crippen LogP contribution in [-0.4, -0.2) is 22.7 Å². The van der Waals surface area contributed by atoms with Gasteiger partial charge in [0.15, 0.2) is 0 Å². The second-order valence-corrected chi connectivity index (χ2v) is 2.55. The van der Waals surface area contributed by atoms with Crippen LogP contribution >= 0.6 is 0 Å². The maximum atomic E-state index is 8.83. The first-order valence-corrected chi connectivity index (χ1v) is 3.98. The number of hydrogen-bond acceptors (Lipinski definition) is 2. The van der Waals surface area contributed by atoms with E-state index in [0.717, 1.165) is 0 Å². The average Bonchev–Trinajstić information content (AvgIpc) is 0.722. The van der Waals surface area contributed by atoms with Crippen LogP contribution < -0.4 is 73.0 Å². The van der Waals surface area contributed by atoms with E-state index >= 15 is 0 Å². The summed E-state index contributed by atoms with van der Waals surface area (Å²) in [7, 11) is 0. The second-order valence-electron chi connectivity index (χ2n) is 0.491. The molecule has 0 aliphatic heterocycles. The molecule has 0 rings (SSSR count). The van der Waals surface area contributed by atoms with Crippen LogP contribution in [0.5, 0.6) is 0 Å². The standard InChI is InChI=1S/AsH3O4.Cs/c2-1(3,4)5;/h(H3,2,3,4,5);/q;+1/p-1. The molecular formula is H2AsCsO4. The van der Waals surface area contributed by atoms with Crippen LogP contribution in [0.4, 0.5) is 0 Å². The van der Waals surface area contributed by atoms with Crippen molar-refractivity contribution in [1.29, 1.82) is 0 Å². The van der Waals surface area contributed by atoms with Gasteiger partial charge in [-0.1, -0.05) is 0 Å². The van der Waals surface area contributed by atoms with Crippen molar-refractivity contribution in [3.63, 3.8) is 0 Å².